The van der Waals surface area contributed by atoms with Crippen LogP contribution in [0.25, 0.3) is 11.1 Å². The number of fused-ring (bicyclic) bond motifs is 4. The minimum Gasteiger partial charge on any atom is -0.462 e. The summed E-state index contributed by atoms with van der Waals surface area (Å²) in [6, 6.07) is 26.2. The fourth-order valence-corrected chi connectivity index (χ4v) is 11.2. The predicted molar refractivity (Wildman–Crippen MR) is 306 cm³/mol. The van der Waals surface area contributed by atoms with Gasteiger partial charge in [0.1, 0.15) is 30.9 Å². The third kappa shape index (κ3) is 15.6. The van der Waals surface area contributed by atoms with Crippen LogP contribution in [0.2, 0.25) is 20.1 Å². The fourth-order valence-electron chi connectivity index (χ4n) is 10.6. The van der Waals surface area contributed by atoms with E-state index >= 15 is 4.39 Å². The van der Waals surface area contributed by atoms with Crippen molar-refractivity contribution in [2.75, 3.05) is 56.5 Å². The zero-order valence-corrected chi connectivity index (χ0v) is 47.7. The average Bonchev–Trinajstić information content (AvgIpc) is 4.07. The molecule has 3 heterocycles. The van der Waals surface area contributed by atoms with Gasteiger partial charge in [-0.2, -0.15) is 0 Å². The highest BCUT2D eigenvalue weighted by atomic mass is 35.5. The lowest BCUT2D eigenvalue weighted by Crippen LogP contribution is -2.56. The summed E-state index contributed by atoms with van der Waals surface area (Å²) in [7, 11) is 0. The number of esters is 2. The molecular weight excluding hydrogens is 1130 g/mol. The highest BCUT2D eigenvalue weighted by molar-refractivity contribution is 6.42. The molecule has 4 aliphatic rings. The number of anilines is 2. The van der Waals surface area contributed by atoms with Crippen LogP contribution in [0.1, 0.15) is 80.5 Å². The molecule has 0 bridgehead atoms. The third-order valence-electron chi connectivity index (χ3n) is 14.9. The van der Waals surface area contributed by atoms with Gasteiger partial charge in [-0.15, -0.1) is 0 Å². The number of benzene rings is 5. The first-order chi connectivity index (χ1) is 38.8. The number of rotatable bonds is 16. The van der Waals surface area contributed by atoms with Gasteiger partial charge >= 0.3 is 18.0 Å². The van der Waals surface area contributed by atoms with Gasteiger partial charge in [-0.3, -0.25) is 28.9 Å². The number of ether oxygens (including phenoxy) is 3. The molecule has 0 unspecified atom stereocenters. The summed E-state index contributed by atoms with van der Waals surface area (Å²) in [5, 5.41) is 7.38. The van der Waals surface area contributed by atoms with E-state index in [0.717, 1.165) is 59.3 Å². The second kappa shape index (κ2) is 28.1. The number of carbonyl (C=O) groups is 6. The molecule has 0 spiro atoms. The van der Waals surface area contributed by atoms with Crippen molar-refractivity contribution in [3.8, 4) is 11.1 Å². The zero-order valence-electron chi connectivity index (χ0n) is 44.7. The number of hydrogen-bond acceptors (Lipinski definition) is 12. The van der Waals surface area contributed by atoms with Gasteiger partial charge in [0.05, 0.1) is 44.1 Å². The van der Waals surface area contributed by atoms with Crippen molar-refractivity contribution in [2.24, 2.45) is 5.73 Å². The summed E-state index contributed by atoms with van der Waals surface area (Å²) in [5.74, 6) is -4.15. The Morgan fingerprint density at radius 2 is 1.10 bits per heavy atom. The van der Waals surface area contributed by atoms with Crippen molar-refractivity contribution in [3.05, 3.63) is 151 Å². The van der Waals surface area contributed by atoms with Crippen LogP contribution in [0.4, 0.5) is 25.0 Å². The monoisotopic (exact) mass is 1190 g/mol. The molecule has 5 aromatic carbocycles. The number of likely N-dealkylation sites (tertiary alicyclic amines) is 2. The molecule has 3 aliphatic heterocycles. The van der Waals surface area contributed by atoms with Gasteiger partial charge in [0, 0.05) is 65.5 Å². The molecule has 4 amide bonds. The number of nitrogens with one attached hydrogen (secondary N) is 3. The maximum atomic E-state index is 15.1. The Hall–Kier alpha value is -6.38. The molecule has 430 valence electrons. The first kappa shape index (κ1) is 60.7. The third-order valence-corrected chi connectivity index (χ3v) is 16.5. The first-order valence-electron chi connectivity index (χ1n) is 26.8. The Bertz CT molecular complexity index is 3080. The second-order valence-electron chi connectivity index (χ2n) is 20.4. The van der Waals surface area contributed by atoms with E-state index in [0.29, 0.717) is 45.4 Å². The number of carbonyl (C=O) groups excluding carboxylic acids is 6. The lowest BCUT2D eigenvalue weighted by molar-refractivity contribution is -0.149. The molecule has 0 radical (unpaired) electrons. The van der Waals surface area contributed by atoms with E-state index in [1.807, 2.05) is 60.7 Å². The molecule has 16 nitrogen and oxygen atoms in total. The molecule has 22 heteroatoms. The van der Waals surface area contributed by atoms with Gasteiger partial charge in [-0.1, -0.05) is 119 Å². The van der Waals surface area contributed by atoms with E-state index in [9.17, 15) is 33.2 Å². The number of nitrogens with two attached hydrogens (primary N) is 1. The number of piperidine rings is 2. The van der Waals surface area contributed by atoms with Gasteiger partial charge in [-0.25, -0.2) is 13.6 Å². The normalized spacial score (nSPS) is 17.2. The summed E-state index contributed by atoms with van der Waals surface area (Å²) in [5.41, 5.74) is 11.8. The Morgan fingerprint density at radius 1 is 0.630 bits per heavy atom. The Labute approximate surface area is 488 Å². The maximum absolute atomic E-state index is 15.1. The van der Waals surface area contributed by atoms with E-state index in [2.05, 4.69) is 37.9 Å². The standard InChI is InChI=1S/C42H41Cl2FN4O6.C17H22Cl2FN3O3/c1-25(50)55-28-16-19-48(20-17-28)21-18-36(40(51)46-35-15-14-34(43)38(44)39(35)45)47-41(52)37-22-26-8-2-3-9-27(26)23-49(37)42(53)54-24-33-31-12-6-4-10-29(31)30-11-5-7-13-32(30)33;1-10(24)26-11-4-7-23(8-5-11)9-6-13(21)17(25)22-14-3-2-12(18)15(19)16(14)20/h2-15,28,33,36-37H,16-24H2,1H3,(H,46,51)(H,47,52);2-3,11,13H,4-9,21H2,1H3,(H,22,25)/t36-,37-;13-/m00/s1. The summed E-state index contributed by atoms with van der Waals surface area (Å²) in [6.45, 7) is 6.83. The summed E-state index contributed by atoms with van der Waals surface area (Å²) < 4.78 is 45.6. The van der Waals surface area contributed by atoms with Crippen LogP contribution in [-0.2, 0) is 51.1 Å². The van der Waals surface area contributed by atoms with E-state index < -0.39 is 53.6 Å². The van der Waals surface area contributed by atoms with E-state index in [1.165, 1.54) is 43.0 Å². The molecular formula is C59H63Cl4F2N7O9. The molecule has 1 aliphatic carbocycles. The van der Waals surface area contributed by atoms with Gasteiger partial charge in [0.25, 0.3) is 0 Å². The van der Waals surface area contributed by atoms with Crippen LogP contribution in [-0.4, -0.2) is 127 Å². The molecule has 9 rings (SSSR count). The molecule has 2 saturated heterocycles. The van der Waals surface area contributed by atoms with Crippen molar-refractivity contribution in [1.82, 2.24) is 20.0 Å². The number of nitrogens with zero attached hydrogens (tertiary/aromatic N) is 3. The SMILES string of the molecule is CC(=O)OC1CCN(CC[C@H](N)C(=O)Nc2ccc(Cl)c(Cl)c2F)CC1.CC(=O)OC1CCN(CC[C@H](NC(=O)[C@@H]2Cc3ccccc3CN2C(=O)OCC2c3ccccc3-c3ccccc32)C(=O)Nc2ccc(Cl)c(Cl)c2F)CC1. The largest absolute Gasteiger partial charge is 0.462 e. The van der Waals surface area contributed by atoms with Crippen LogP contribution >= 0.6 is 46.4 Å². The number of halogens is 6. The van der Waals surface area contributed by atoms with E-state index in [4.69, 9.17) is 66.3 Å². The van der Waals surface area contributed by atoms with Crippen LogP contribution in [0.3, 0.4) is 0 Å². The van der Waals surface area contributed by atoms with Crippen LogP contribution in [0.5, 0.6) is 0 Å². The predicted octanol–water partition coefficient (Wildman–Crippen LogP) is 10.2. The number of hydrogen-bond donors (Lipinski definition) is 4. The minimum atomic E-state index is -1.12. The molecule has 5 N–H and O–H groups in total. The average molecular weight is 1190 g/mol. The minimum absolute atomic E-state index is 0.00919. The van der Waals surface area contributed by atoms with E-state index in [1.54, 1.807) is 0 Å². The van der Waals surface area contributed by atoms with Crippen LogP contribution < -0.4 is 21.7 Å². The van der Waals surface area contributed by atoms with Crippen LogP contribution in [0.15, 0.2) is 97.1 Å². The van der Waals surface area contributed by atoms with Crippen molar-refractivity contribution in [3.63, 3.8) is 0 Å². The lowest BCUT2D eigenvalue weighted by atomic mass is 9.93. The van der Waals surface area contributed by atoms with Gasteiger partial charge in [-0.05, 0) is 96.2 Å². The Morgan fingerprint density at radius 3 is 1.62 bits per heavy atom. The molecule has 0 aromatic heterocycles. The second-order valence-corrected chi connectivity index (χ2v) is 22.0. The Kier molecular flexibility index (Phi) is 21.0. The highest BCUT2D eigenvalue weighted by Gasteiger charge is 2.39. The topological polar surface area (TPSA) is 202 Å². The smallest absolute Gasteiger partial charge is 0.410 e. The Balaban J connectivity index is 0.000000277. The molecule has 3 atom stereocenters. The summed E-state index contributed by atoms with van der Waals surface area (Å²) in [4.78, 5) is 82.4. The lowest BCUT2D eigenvalue weighted by Gasteiger charge is -2.36. The highest BCUT2D eigenvalue weighted by Crippen LogP contribution is 2.45. The molecule has 81 heavy (non-hydrogen) atoms. The van der Waals surface area contributed by atoms with Gasteiger partial charge in [0.15, 0.2) is 11.6 Å². The van der Waals surface area contributed by atoms with Crippen LogP contribution in [0, 0.1) is 11.6 Å². The number of amides is 4. The summed E-state index contributed by atoms with van der Waals surface area (Å²) in [6.07, 6.45) is 2.71. The van der Waals surface area contributed by atoms with Crippen molar-refractivity contribution >= 4 is 93.5 Å². The first-order valence-corrected chi connectivity index (χ1v) is 28.3. The quantitative estimate of drug-likeness (QED) is 0.0414. The van der Waals surface area contributed by atoms with Crippen molar-refractivity contribution in [2.45, 2.75) is 102 Å². The van der Waals surface area contributed by atoms with Gasteiger partial charge < -0.3 is 45.7 Å². The fraction of sp³-hybridized carbons (Fsp3) is 0.390. The van der Waals surface area contributed by atoms with E-state index in [-0.39, 0.29) is 87.5 Å². The summed E-state index contributed by atoms with van der Waals surface area (Å²) >= 11 is 23.4. The van der Waals surface area contributed by atoms with Gasteiger partial charge in [0.2, 0.25) is 17.7 Å². The molecule has 5 aromatic rings. The maximum Gasteiger partial charge on any atom is 0.410 e. The molecule has 0 saturated carbocycles. The zero-order chi connectivity index (χ0) is 57.9. The van der Waals surface area contributed by atoms with Crippen molar-refractivity contribution < 1.29 is 51.8 Å². The molecule has 2 fully saturated rings. The van der Waals surface area contributed by atoms with Crippen molar-refractivity contribution in [1.29, 1.82) is 0 Å².